The Hall–Kier alpha value is -1.92. The lowest BCUT2D eigenvalue weighted by Crippen LogP contribution is -2.75. The van der Waals surface area contributed by atoms with Crippen LogP contribution in [0, 0.1) is 0 Å². The number of benzene rings is 2. The molecule has 0 N–H and O–H groups in total. The SMILES string of the molecule is FC1(F)CN(C(c2ccccc2)(c2ccccc2)N2CC(F)(F)C2)C1. The molecule has 4 rings (SSSR count). The van der Waals surface area contributed by atoms with Gasteiger partial charge < -0.3 is 0 Å². The van der Waals surface area contributed by atoms with Crippen LogP contribution in [0.5, 0.6) is 0 Å². The minimum Gasteiger partial charge on any atom is -0.266 e. The van der Waals surface area contributed by atoms with E-state index in [9.17, 15) is 17.6 Å². The van der Waals surface area contributed by atoms with E-state index in [4.69, 9.17) is 0 Å². The molecule has 2 aromatic rings. The molecule has 0 aromatic heterocycles. The quantitative estimate of drug-likeness (QED) is 0.774. The molecule has 2 heterocycles. The van der Waals surface area contributed by atoms with Crippen LogP contribution in [0.4, 0.5) is 17.6 Å². The molecule has 0 unspecified atom stereocenters. The van der Waals surface area contributed by atoms with E-state index in [1.807, 2.05) is 60.7 Å². The Bertz CT molecular complexity index is 667. The van der Waals surface area contributed by atoms with Gasteiger partial charge in [0.05, 0.1) is 26.2 Å². The van der Waals surface area contributed by atoms with Gasteiger partial charge >= 0.3 is 0 Å². The van der Waals surface area contributed by atoms with Gasteiger partial charge in [-0.2, -0.15) is 0 Å². The van der Waals surface area contributed by atoms with Gasteiger partial charge in [0.2, 0.25) is 0 Å². The number of hydrogen-bond donors (Lipinski definition) is 0. The van der Waals surface area contributed by atoms with E-state index >= 15 is 0 Å². The monoisotopic (exact) mass is 350 g/mol. The van der Waals surface area contributed by atoms with Gasteiger partial charge in [0, 0.05) is 0 Å². The van der Waals surface area contributed by atoms with Crippen molar-refractivity contribution >= 4 is 0 Å². The van der Waals surface area contributed by atoms with Gasteiger partial charge in [-0.3, -0.25) is 9.80 Å². The Morgan fingerprint density at radius 3 is 1.20 bits per heavy atom. The summed E-state index contributed by atoms with van der Waals surface area (Å²) < 4.78 is 54.7. The van der Waals surface area contributed by atoms with Crippen LogP contribution in [-0.2, 0) is 5.66 Å². The summed E-state index contributed by atoms with van der Waals surface area (Å²) in [6, 6.07) is 18.2. The van der Waals surface area contributed by atoms with Crippen molar-refractivity contribution in [2.24, 2.45) is 0 Å². The molecule has 2 aromatic carbocycles. The first-order chi connectivity index (χ1) is 11.8. The molecule has 0 spiro atoms. The molecule has 2 fully saturated rings. The average Bonchev–Trinajstić information content (AvgIpc) is 2.54. The van der Waals surface area contributed by atoms with Crippen molar-refractivity contribution < 1.29 is 17.6 Å². The summed E-state index contributed by atoms with van der Waals surface area (Å²) in [6.07, 6.45) is 0. The molecule has 0 bridgehead atoms. The Balaban J connectivity index is 1.86. The maximum Gasteiger partial charge on any atom is 0.273 e. The van der Waals surface area contributed by atoms with Crippen molar-refractivity contribution in [1.82, 2.24) is 9.80 Å². The van der Waals surface area contributed by atoms with Gasteiger partial charge in [-0.1, -0.05) is 60.7 Å². The third-order valence-electron chi connectivity index (χ3n) is 4.96. The van der Waals surface area contributed by atoms with E-state index in [1.54, 1.807) is 9.80 Å². The number of alkyl halides is 4. The van der Waals surface area contributed by atoms with Crippen molar-refractivity contribution in [2.45, 2.75) is 17.5 Å². The lowest BCUT2D eigenvalue weighted by molar-refractivity contribution is -0.248. The highest BCUT2D eigenvalue weighted by molar-refractivity contribution is 5.40. The highest BCUT2D eigenvalue weighted by atomic mass is 19.3. The molecule has 2 nitrogen and oxygen atoms in total. The molecule has 2 aliphatic rings. The molecule has 2 saturated heterocycles. The van der Waals surface area contributed by atoms with Crippen LogP contribution in [0.25, 0.3) is 0 Å². The molecule has 0 aliphatic carbocycles. The van der Waals surface area contributed by atoms with Crippen molar-refractivity contribution in [1.29, 1.82) is 0 Å². The standard InChI is InChI=1S/C19H18F4N2/c20-17(21)11-24(12-17)19(15-7-3-1-4-8-15,16-9-5-2-6-10-16)25-13-18(22,23)14-25/h1-10H,11-14H2. The molecule has 0 atom stereocenters. The van der Waals surface area contributed by atoms with E-state index < -0.39 is 43.7 Å². The van der Waals surface area contributed by atoms with E-state index in [2.05, 4.69) is 0 Å². The van der Waals surface area contributed by atoms with Crippen molar-refractivity contribution in [2.75, 3.05) is 26.2 Å². The van der Waals surface area contributed by atoms with Gasteiger partial charge in [0.1, 0.15) is 5.66 Å². The van der Waals surface area contributed by atoms with E-state index in [1.165, 1.54) is 0 Å². The van der Waals surface area contributed by atoms with Crippen LogP contribution >= 0.6 is 0 Å². The molecule has 25 heavy (non-hydrogen) atoms. The summed E-state index contributed by atoms with van der Waals surface area (Å²) in [4.78, 5) is 3.21. The third kappa shape index (κ3) is 2.64. The fourth-order valence-corrected chi connectivity index (χ4v) is 3.92. The number of nitrogens with zero attached hydrogens (tertiary/aromatic N) is 2. The Morgan fingerprint density at radius 2 is 0.920 bits per heavy atom. The Kier molecular flexibility index (Phi) is 3.67. The van der Waals surface area contributed by atoms with E-state index in [0.717, 1.165) is 11.1 Å². The molecular formula is C19H18F4N2. The Labute approximate surface area is 143 Å². The minimum atomic E-state index is -2.79. The number of likely N-dealkylation sites (tertiary alicyclic amines) is 2. The third-order valence-corrected chi connectivity index (χ3v) is 4.96. The van der Waals surface area contributed by atoms with Crippen LogP contribution in [-0.4, -0.2) is 47.8 Å². The number of halogens is 4. The predicted molar refractivity (Wildman–Crippen MR) is 86.7 cm³/mol. The second-order valence-corrected chi connectivity index (χ2v) is 6.83. The van der Waals surface area contributed by atoms with Crippen LogP contribution in [0.3, 0.4) is 0 Å². The van der Waals surface area contributed by atoms with Crippen molar-refractivity contribution in [3.63, 3.8) is 0 Å². The average molecular weight is 350 g/mol. The van der Waals surface area contributed by atoms with Crippen LogP contribution in [0.1, 0.15) is 11.1 Å². The van der Waals surface area contributed by atoms with Crippen LogP contribution < -0.4 is 0 Å². The second-order valence-electron chi connectivity index (χ2n) is 6.83. The highest BCUT2D eigenvalue weighted by Crippen LogP contribution is 2.49. The molecule has 2 aliphatic heterocycles. The fourth-order valence-electron chi connectivity index (χ4n) is 3.92. The zero-order chi connectivity index (χ0) is 17.7. The van der Waals surface area contributed by atoms with Crippen LogP contribution in [0.15, 0.2) is 60.7 Å². The summed E-state index contributed by atoms with van der Waals surface area (Å²) in [5.41, 5.74) is 0.353. The zero-order valence-corrected chi connectivity index (χ0v) is 13.5. The Morgan fingerprint density at radius 1 is 0.600 bits per heavy atom. The lowest BCUT2D eigenvalue weighted by atomic mass is 9.82. The number of rotatable bonds is 4. The lowest BCUT2D eigenvalue weighted by Gasteiger charge is -2.60. The normalized spacial score (nSPS) is 22.9. The van der Waals surface area contributed by atoms with Crippen molar-refractivity contribution in [3.8, 4) is 0 Å². The number of hydrogen-bond acceptors (Lipinski definition) is 2. The van der Waals surface area contributed by atoms with Gasteiger partial charge in [-0.25, -0.2) is 17.6 Å². The fraction of sp³-hybridized carbons (Fsp3) is 0.368. The molecule has 132 valence electrons. The first kappa shape index (κ1) is 16.5. The first-order valence-corrected chi connectivity index (χ1v) is 8.20. The minimum absolute atomic E-state index is 0.446. The van der Waals surface area contributed by atoms with Gasteiger partial charge in [-0.05, 0) is 11.1 Å². The smallest absolute Gasteiger partial charge is 0.266 e. The topological polar surface area (TPSA) is 6.48 Å². The van der Waals surface area contributed by atoms with Crippen molar-refractivity contribution in [3.05, 3.63) is 71.8 Å². The summed E-state index contributed by atoms with van der Waals surface area (Å²) in [5.74, 6) is -5.58. The van der Waals surface area contributed by atoms with Gasteiger partial charge in [0.25, 0.3) is 11.8 Å². The summed E-state index contributed by atoms with van der Waals surface area (Å²) in [6.45, 7) is -1.78. The van der Waals surface area contributed by atoms with Crippen LogP contribution in [0.2, 0.25) is 0 Å². The predicted octanol–water partition coefficient (Wildman–Crippen LogP) is 3.79. The summed E-state index contributed by atoms with van der Waals surface area (Å²) in [7, 11) is 0. The van der Waals surface area contributed by atoms with E-state index in [0.29, 0.717) is 0 Å². The summed E-state index contributed by atoms with van der Waals surface area (Å²) in [5, 5.41) is 0. The second kappa shape index (κ2) is 5.54. The van der Waals surface area contributed by atoms with Gasteiger partial charge in [0.15, 0.2) is 0 Å². The van der Waals surface area contributed by atoms with E-state index in [-0.39, 0.29) is 0 Å². The molecular weight excluding hydrogens is 332 g/mol. The molecule has 0 radical (unpaired) electrons. The summed E-state index contributed by atoms with van der Waals surface area (Å²) >= 11 is 0. The zero-order valence-electron chi connectivity index (χ0n) is 13.5. The molecule has 0 amide bonds. The van der Waals surface area contributed by atoms with Gasteiger partial charge in [-0.15, -0.1) is 0 Å². The maximum atomic E-state index is 13.7. The molecule has 0 saturated carbocycles. The highest BCUT2D eigenvalue weighted by Gasteiger charge is 2.62. The largest absolute Gasteiger partial charge is 0.273 e. The molecule has 6 heteroatoms. The maximum absolute atomic E-state index is 13.7. The first-order valence-electron chi connectivity index (χ1n) is 8.20.